The Bertz CT molecular complexity index is 407. The van der Waals surface area contributed by atoms with Crippen molar-refractivity contribution in [3.8, 4) is 5.75 Å². The zero-order valence-electron chi connectivity index (χ0n) is 12.0. The molecule has 1 atom stereocenters. The van der Waals surface area contributed by atoms with Crippen LogP contribution in [0.15, 0.2) is 22.7 Å². The van der Waals surface area contributed by atoms with Gasteiger partial charge < -0.3 is 4.74 Å². The van der Waals surface area contributed by atoms with Crippen LogP contribution >= 0.6 is 27.7 Å². The molecule has 3 nitrogen and oxygen atoms in total. The van der Waals surface area contributed by atoms with Gasteiger partial charge in [-0.15, -0.1) is 0 Å². The summed E-state index contributed by atoms with van der Waals surface area (Å²) in [5.74, 6) is 7.49. The van der Waals surface area contributed by atoms with Gasteiger partial charge in [-0.2, -0.15) is 11.8 Å². The van der Waals surface area contributed by atoms with Crippen molar-refractivity contribution < 1.29 is 4.74 Å². The molecule has 0 radical (unpaired) electrons. The minimum atomic E-state index is 0.260. The molecule has 108 valence electrons. The first-order valence-electron chi connectivity index (χ1n) is 6.28. The summed E-state index contributed by atoms with van der Waals surface area (Å²) in [7, 11) is 1.67. The third-order valence-electron chi connectivity index (χ3n) is 2.65. The van der Waals surface area contributed by atoms with Crippen LogP contribution in [0.4, 0.5) is 0 Å². The van der Waals surface area contributed by atoms with E-state index in [4.69, 9.17) is 10.6 Å². The first-order chi connectivity index (χ1) is 8.85. The van der Waals surface area contributed by atoms with Crippen molar-refractivity contribution in [2.24, 2.45) is 5.84 Å². The molecule has 0 heterocycles. The van der Waals surface area contributed by atoms with Crippen LogP contribution in [0, 0.1) is 0 Å². The number of ether oxygens (including phenoxy) is 1. The largest absolute Gasteiger partial charge is 0.496 e. The Balaban J connectivity index is 2.63. The summed E-state index contributed by atoms with van der Waals surface area (Å²) in [5.41, 5.74) is 4.14. The second-order valence-corrected chi connectivity index (χ2v) is 8.16. The highest BCUT2D eigenvalue weighted by Crippen LogP contribution is 2.27. The number of nitrogens with one attached hydrogen (secondary N) is 1. The van der Waals surface area contributed by atoms with Gasteiger partial charge in [0.2, 0.25) is 0 Å². The molecule has 1 rings (SSSR count). The molecule has 0 saturated carbocycles. The maximum Gasteiger partial charge on any atom is 0.133 e. The van der Waals surface area contributed by atoms with Gasteiger partial charge in [0, 0.05) is 16.5 Å². The van der Waals surface area contributed by atoms with Gasteiger partial charge in [-0.3, -0.25) is 11.3 Å². The average molecular weight is 347 g/mol. The second kappa shape index (κ2) is 7.53. The maximum atomic E-state index is 5.64. The molecule has 19 heavy (non-hydrogen) atoms. The lowest BCUT2D eigenvalue weighted by Crippen LogP contribution is -2.39. The minimum absolute atomic E-state index is 0.260. The zero-order chi connectivity index (χ0) is 14.5. The lowest BCUT2D eigenvalue weighted by atomic mass is 10.1. The number of nitrogens with two attached hydrogens (primary N) is 1. The highest BCUT2D eigenvalue weighted by atomic mass is 79.9. The molecule has 0 amide bonds. The van der Waals surface area contributed by atoms with Crippen molar-refractivity contribution in [2.75, 3.05) is 12.9 Å². The van der Waals surface area contributed by atoms with Gasteiger partial charge in [0.1, 0.15) is 5.75 Å². The molecule has 0 aliphatic heterocycles. The molecule has 5 heteroatoms. The Labute approximate surface area is 128 Å². The van der Waals surface area contributed by atoms with Crippen LogP contribution in [-0.4, -0.2) is 23.7 Å². The molecule has 0 bridgehead atoms. The highest BCUT2D eigenvalue weighted by Gasteiger charge is 2.15. The highest BCUT2D eigenvalue weighted by molar-refractivity contribution is 9.10. The predicted molar refractivity (Wildman–Crippen MR) is 87.7 cm³/mol. The van der Waals surface area contributed by atoms with E-state index in [9.17, 15) is 0 Å². The Morgan fingerprint density at radius 1 is 1.42 bits per heavy atom. The van der Waals surface area contributed by atoms with Crippen LogP contribution in [0.3, 0.4) is 0 Å². The van der Waals surface area contributed by atoms with Crippen LogP contribution in [0.25, 0.3) is 0 Å². The predicted octanol–water partition coefficient (Wildman–Crippen LogP) is 3.36. The summed E-state index contributed by atoms with van der Waals surface area (Å²) in [4.78, 5) is 0. The molecular weight excluding hydrogens is 324 g/mol. The number of benzene rings is 1. The molecule has 0 aliphatic rings. The molecule has 0 saturated heterocycles. The number of rotatable bonds is 6. The van der Waals surface area contributed by atoms with Crippen molar-refractivity contribution in [1.82, 2.24) is 5.43 Å². The van der Waals surface area contributed by atoms with Gasteiger partial charge in [0.15, 0.2) is 0 Å². The second-order valence-electron chi connectivity index (χ2n) is 5.46. The molecule has 0 aliphatic carbocycles. The molecule has 3 N–H and O–H groups in total. The summed E-state index contributed by atoms with van der Waals surface area (Å²) in [5, 5.41) is 0. The zero-order valence-corrected chi connectivity index (χ0v) is 14.4. The third kappa shape index (κ3) is 6.17. The summed E-state index contributed by atoms with van der Waals surface area (Å²) < 4.78 is 6.47. The van der Waals surface area contributed by atoms with E-state index in [-0.39, 0.29) is 10.8 Å². The molecule has 0 fully saturated rings. The third-order valence-corrected chi connectivity index (χ3v) is 4.71. The van der Waals surface area contributed by atoms with E-state index in [1.54, 1.807) is 7.11 Å². The molecule has 1 aromatic rings. The normalized spacial score (nSPS) is 13.4. The SMILES string of the molecule is COc1ccc(CC(CSC(C)(C)C)NN)cc1Br. The first kappa shape index (κ1) is 16.8. The van der Waals surface area contributed by atoms with Crippen LogP contribution < -0.4 is 16.0 Å². The van der Waals surface area contributed by atoms with E-state index in [1.165, 1.54) is 5.56 Å². The van der Waals surface area contributed by atoms with Gasteiger partial charge in [0.25, 0.3) is 0 Å². The van der Waals surface area contributed by atoms with Crippen LogP contribution in [0.5, 0.6) is 5.75 Å². The van der Waals surface area contributed by atoms with Crippen molar-refractivity contribution in [3.05, 3.63) is 28.2 Å². The van der Waals surface area contributed by atoms with Gasteiger partial charge >= 0.3 is 0 Å². The molecule has 1 unspecified atom stereocenters. The van der Waals surface area contributed by atoms with E-state index >= 15 is 0 Å². The topological polar surface area (TPSA) is 47.3 Å². The summed E-state index contributed by atoms with van der Waals surface area (Å²) in [6.45, 7) is 6.65. The number of thioether (sulfide) groups is 1. The van der Waals surface area contributed by atoms with Crippen LogP contribution in [0.2, 0.25) is 0 Å². The van der Waals surface area contributed by atoms with E-state index in [1.807, 2.05) is 17.8 Å². The summed E-state index contributed by atoms with van der Waals surface area (Å²) >= 11 is 5.43. The van der Waals surface area contributed by atoms with Crippen molar-refractivity contribution in [1.29, 1.82) is 0 Å². The Morgan fingerprint density at radius 3 is 2.58 bits per heavy atom. The standard InChI is InChI=1S/C14H23BrN2OS/c1-14(2,3)19-9-11(17-16)7-10-5-6-13(18-4)12(15)8-10/h5-6,8,11,17H,7,9,16H2,1-4H3. The minimum Gasteiger partial charge on any atom is -0.496 e. The van der Waals surface area contributed by atoms with Gasteiger partial charge in [-0.1, -0.05) is 26.8 Å². The Hall–Kier alpha value is -0.230. The van der Waals surface area contributed by atoms with E-state index in [0.717, 1.165) is 22.4 Å². The number of methoxy groups -OCH3 is 1. The molecule has 0 spiro atoms. The fourth-order valence-electron chi connectivity index (χ4n) is 1.64. The smallest absolute Gasteiger partial charge is 0.133 e. The number of hydrogen-bond acceptors (Lipinski definition) is 4. The van der Waals surface area contributed by atoms with E-state index in [0.29, 0.717) is 0 Å². The Kier molecular flexibility index (Phi) is 6.66. The number of hydrazine groups is 1. The van der Waals surface area contributed by atoms with Gasteiger partial charge in [-0.05, 0) is 40.0 Å². The number of hydrogen-bond donors (Lipinski definition) is 2. The van der Waals surface area contributed by atoms with Crippen molar-refractivity contribution in [3.63, 3.8) is 0 Å². The van der Waals surface area contributed by atoms with Gasteiger partial charge in [0.05, 0.1) is 11.6 Å². The molecule has 0 aromatic heterocycles. The maximum absolute atomic E-state index is 5.64. The fourth-order valence-corrected chi connectivity index (χ4v) is 3.14. The average Bonchev–Trinajstić information content (AvgIpc) is 2.33. The molecule has 1 aromatic carbocycles. The lowest BCUT2D eigenvalue weighted by Gasteiger charge is -2.22. The van der Waals surface area contributed by atoms with Crippen LogP contribution in [0.1, 0.15) is 26.3 Å². The summed E-state index contributed by atoms with van der Waals surface area (Å²) in [6.07, 6.45) is 0.905. The quantitative estimate of drug-likeness (QED) is 0.612. The Morgan fingerprint density at radius 2 is 2.11 bits per heavy atom. The first-order valence-corrected chi connectivity index (χ1v) is 8.06. The van der Waals surface area contributed by atoms with Gasteiger partial charge in [-0.25, -0.2) is 0 Å². The van der Waals surface area contributed by atoms with E-state index in [2.05, 4.69) is 54.3 Å². The van der Waals surface area contributed by atoms with Crippen molar-refractivity contribution in [2.45, 2.75) is 38.0 Å². The monoisotopic (exact) mass is 346 g/mol. The van der Waals surface area contributed by atoms with Crippen LogP contribution in [-0.2, 0) is 6.42 Å². The summed E-state index contributed by atoms with van der Waals surface area (Å²) in [6, 6.07) is 6.41. The molecular formula is C14H23BrN2OS. The van der Waals surface area contributed by atoms with E-state index < -0.39 is 0 Å². The fraction of sp³-hybridized carbons (Fsp3) is 0.571. The van der Waals surface area contributed by atoms with Crippen molar-refractivity contribution >= 4 is 27.7 Å². The number of halogens is 1. The lowest BCUT2D eigenvalue weighted by molar-refractivity contribution is 0.412.